The summed E-state index contributed by atoms with van der Waals surface area (Å²) in [5, 5.41) is 53.3. The van der Waals surface area contributed by atoms with Gasteiger partial charge in [-0.3, -0.25) is 0 Å². The van der Waals surface area contributed by atoms with E-state index in [-0.39, 0.29) is 12.3 Å². The second kappa shape index (κ2) is 15.5. The lowest BCUT2D eigenvalue weighted by molar-refractivity contribution is -0.316. The number of aliphatic hydroxyl groups excluding tert-OH is 4. The third-order valence-electron chi connectivity index (χ3n) is 8.27. The van der Waals surface area contributed by atoms with Crippen LogP contribution in [0.1, 0.15) is 37.0 Å². The molecule has 0 radical (unpaired) electrons. The molecule has 0 aromatic heterocycles. The number of ether oxygens (including phenoxy) is 5. The standard InChI is InChI=1S/C26H35N9O10/c1-3-15-11(2)21(43-24(40)12-7-5-4-6-8-12)26(41-15)45-23-17(32-35-29)25(42-16(10-36)19(23)38)44-22-14(31-34-28)9-13(30-33-27)18(37)20(22)39/h4-8,11,13-23,25-26,36-39H,3,9-10H2,1-2H3/t11-,13+,14?,15+,16?,17?,18?,19+,20+,21?,22+,23+,25+,26-/m0/s1. The van der Waals surface area contributed by atoms with Gasteiger partial charge in [-0.1, -0.05) is 47.4 Å². The van der Waals surface area contributed by atoms with Crippen LogP contribution < -0.4 is 0 Å². The summed E-state index contributed by atoms with van der Waals surface area (Å²) in [5.41, 5.74) is 27.7. The van der Waals surface area contributed by atoms with Crippen molar-refractivity contribution < 1.29 is 48.9 Å². The number of rotatable bonds is 11. The molecule has 19 nitrogen and oxygen atoms in total. The van der Waals surface area contributed by atoms with Crippen LogP contribution in [0.5, 0.6) is 0 Å². The van der Waals surface area contributed by atoms with E-state index >= 15 is 0 Å². The van der Waals surface area contributed by atoms with Gasteiger partial charge in [-0.15, -0.1) is 0 Å². The van der Waals surface area contributed by atoms with Crippen LogP contribution in [-0.4, -0.2) is 113 Å². The van der Waals surface area contributed by atoms with Gasteiger partial charge in [0, 0.05) is 20.7 Å². The van der Waals surface area contributed by atoms with Gasteiger partial charge in [0.2, 0.25) is 0 Å². The molecule has 3 aliphatic rings. The Morgan fingerprint density at radius 3 is 2.11 bits per heavy atom. The third-order valence-corrected chi connectivity index (χ3v) is 8.27. The van der Waals surface area contributed by atoms with Crippen molar-refractivity contribution in [3.05, 3.63) is 67.2 Å². The first-order valence-corrected chi connectivity index (χ1v) is 14.3. The summed E-state index contributed by atoms with van der Waals surface area (Å²) in [7, 11) is 0. The summed E-state index contributed by atoms with van der Waals surface area (Å²) in [5.74, 6) is -0.987. The maximum atomic E-state index is 13.0. The van der Waals surface area contributed by atoms with Crippen molar-refractivity contribution in [1.82, 2.24) is 0 Å². The molecule has 2 heterocycles. The van der Waals surface area contributed by atoms with Gasteiger partial charge in [0.25, 0.3) is 0 Å². The molecule has 1 aromatic rings. The number of esters is 1. The number of hydrogen-bond donors (Lipinski definition) is 4. The van der Waals surface area contributed by atoms with Gasteiger partial charge < -0.3 is 44.1 Å². The molecule has 244 valence electrons. The van der Waals surface area contributed by atoms with Crippen LogP contribution in [0.4, 0.5) is 0 Å². The molecule has 0 bridgehead atoms. The number of nitrogens with zero attached hydrogens (tertiary/aromatic N) is 9. The highest BCUT2D eigenvalue weighted by molar-refractivity contribution is 5.89. The van der Waals surface area contributed by atoms with Gasteiger partial charge in [-0.05, 0) is 41.6 Å². The minimum absolute atomic E-state index is 0.206. The topological polar surface area (TPSA) is 290 Å². The molecule has 3 fully saturated rings. The Hall–Kier alpha value is -3.70. The van der Waals surface area contributed by atoms with Gasteiger partial charge in [-0.25, -0.2) is 4.79 Å². The number of aliphatic hydroxyl groups is 4. The smallest absolute Gasteiger partial charge is 0.338 e. The summed E-state index contributed by atoms with van der Waals surface area (Å²) in [6, 6.07) is 4.45. The number of carbonyl (C=O) groups excluding carboxylic acids is 1. The summed E-state index contributed by atoms with van der Waals surface area (Å²) in [6.07, 6.45) is -13.2. The summed E-state index contributed by atoms with van der Waals surface area (Å²) < 4.78 is 29.7. The monoisotopic (exact) mass is 633 g/mol. The first-order chi connectivity index (χ1) is 21.7. The van der Waals surface area contributed by atoms with Crippen LogP contribution >= 0.6 is 0 Å². The predicted molar refractivity (Wildman–Crippen MR) is 151 cm³/mol. The highest BCUT2D eigenvalue weighted by Crippen LogP contribution is 2.38. The summed E-state index contributed by atoms with van der Waals surface area (Å²) >= 11 is 0. The van der Waals surface area contributed by atoms with E-state index < -0.39 is 92.1 Å². The molecule has 2 aliphatic heterocycles. The van der Waals surface area contributed by atoms with Crippen LogP contribution in [-0.2, 0) is 23.7 Å². The molecular weight excluding hydrogens is 598 g/mol. The normalized spacial score (nSPS) is 39.5. The van der Waals surface area contributed by atoms with Crippen molar-refractivity contribution in [2.75, 3.05) is 6.61 Å². The van der Waals surface area contributed by atoms with E-state index in [1.165, 1.54) is 0 Å². The first kappa shape index (κ1) is 34.2. The minimum Gasteiger partial charge on any atom is -0.453 e. The Morgan fingerprint density at radius 1 is 0.867 bits per heavy atom. The molecule has 5 unspecified atom stereocenters. The van der Waals surface area contributed by atoms with E-state index in [2.05, 4.69) is 30.1 Å². The second-order valence-electron chi connectivity index (χ2n) is 10.9. The highest BCUT2D eigenvalue weighted by Gasteiger charge is 2.53. The van der Waals surface area contributed by atoms with Gasteiger partial charge in [0.15, 0.2) is 18.7 Å². The minimum atomic E-state index is -1.76. The molecule has 2 saturated heterocycles. The number of azide groups is 3. The van der Waals surface area contributed by atoms with E-state index in [1.54, 1.807) is 30.3 Å². The third kappa shape index (κ3) is 7.41. The van der Waals surface area contributed by atoms with Gasteiger partial charge in [0.1, 0.15) is 30.5 Å². The van der Waals surface area contributed by atoms with Crippen molar-refractivity contribution in [1.29, 1.82) is 0 Å². The predicted octanol–water partition coefficient (Wildman–Crippen LogP) is 1.99. The van der Waals surface area contributed by atoms with E-state index in [1.807, 2.05) is 13.8 Å². The zero-order valence-corrected chi connectivity index (χ0v) is 24.4. The average Bonchev–Trinajstić information content (AvgIpc) is 3.34. The van der Waals surface area contributed by atoms with Crippen molar-refractivity contribution >= 4 is 5.97 Å². The highest BCUT2D eigenvalue weighted by atomic mass is 16.7. The van der Waals surface area contributed by atoms with Gasteiger partial charge in [0.05, 0.1) is 42.6 Å². The lowest BCUT2D eigenvalue weighted by Gasteiger charge is -2.46. The second-order valence-corrected chi connectivity index (χ2v) is 10.9. The fourth-order valence-corrected chi connectivity index (χ4v) is 5.86. The van der Waals surface area contributed by atoms with Gasteiger partial charge >= 0.3 is 5.97 Å². The molecule has 14 atom stereocenters. The Balaban J connectivity index is 1.62. The Morgan fingerprint density at radius 2 is 1.49 bits per heavy atom. The van der Waals surface area contributed by atoms with Crippen LogP contribution in [0.15, 0.2) is 45.7 Å². The Labute approximate surface area is 256 Å². The van der Waals surface area contributed by atoms with Crippen LogP contribution in [0.2, 0.25) is 0 Å². The van der Waals surface area contributed by atoms with Crippen molar-refractivity contribution in [3.8, 4) is 0 Å². The van der Waals surface area contributed by atoms with E-state index in [0.29, 0.717) is 12.0 Å². The van der Waals surface area contributed by atoms with E-state index in [0.717, 1.165) is 0 Å². The van der Waals surface area contributed by atoms with Crippen LogP contribution in [0.25, 0.3) is 31.3 Å². The first-order valence-electron chi connectivity index (χ1n) is 14.3. The lowest BCUT2D eigenvalue weighted by Crippen LogP contribution is -2.63. The molecular formula is C26H35N9O10. The Kier molecular flexibility index (Phi) is 11.8. The average molecular weight is 634 g/mol. The maximum Gasteiger partial charge on any atom is 0.338 e. The molecule has 0 amide bonds. The number of hydrogen-bond acceptors (Lipinski definition) is 13. The molecule has 19 heteroatoms. The summed E-state index contributed by atoms with van der Waals surface area (Å²) in [4.78, 5) is 21.2. The zero-order chi connectivity index (χ0) is 32.7. The van der Waals surface area contributed by atoms with Crippen molar-refractivity contribution in [3.63, 3.8) is 0 Å². The molecule has 1 aromatic carbocycles. The van der Waals surface area contributed by atoms with E-state index in [9.17, 15) is 30.8 Å². The molecule has 4 N–H and O–H groups in total. The number of carbonyl (C=O) groups is 1. The largest absolute Gasteiger partial charge is 0.453 e. The Bertz CT molecular complexity index is 1310. The SMILES string of the molecule is CC[C@H]1O[C@@H](O[C@@H]2C(N=[N+]=[N-])[C@@H](O[C@@H]3C(N=[N+]=[N-])C[C@@H](N=[N+]=[N-])C(O)[C@H]3O)OC(CO)[C@H]2O)C(OC(=O)c2ccccc2)[C@H]1C. The molecule has 0 spiro atoms. The zero-order valence-electron chi connectivity index (χ0n) is 24.4. The molecule has 4 rings (SSSR count). The van der Waals surface area contributed by atoms with E-state index in [4.69, 9.17) is 34.7 Å². The molecule has 1 saturated carbocycles. The molecule has 45 heavy (non-hydrogen) atoms. The lowest BCUT2D eigenvalue weighted by atomic mass is 9.84. The fraction of sp³-hybridized carbons (Fsp3) is 0.731. The number of benzene rings is 1. The quantitative estimate of drug-likeness (QED) is 0.119. The van der Waals surface area contributed by atoms with Gasteiger partial charge in [-0.2, -0.15) is 0 Å². The van der Waals surface area contributed by atoms with Crippen LogP contribution in [0.3, 0.4) is 0 Å². The van der Waals surface area contributed by atoms with Crippen LogP contribution in [0, 0.1) is 5.92 Å². The summed E-state index contributed by atoms with van der Waals surface area (Å²) in [6.45, 7) is 2.93. The fourth-order valence-electron chi connectivity index (χ4n) is 5.86. The molecule has 1 aliphatic carbocycles. The maximum absolute atomic E-state index is 13.0. The van der Waals surface area contributed by atoms with Crippen molar-refractivity contribution in [2.24, 2.45) is 21.3 Å². The van der Waals surface area contributed by atoms with Crippen molar-refractivity contribution in [2.45, 2.75) is 106 Å².